The van der Waals surface area contributed by atoms with Crippen molar-refractivity contribution in [2.24, 2.45) is 0 Å². The number of allylic oxidation sites excluding steroid dienone is 4. The van der Waals surface area contributed by atoms with E-state index in [2.05, 4.69) is 24.3 Å². The quantitative estimate of drug-likeness (QED) is 0.126. The van der Waals surface area contributed by atoms with Crippen molar-refractivity contribution in [2.45, 2.75) is 25.7 Å². The molecule has 4 N–H and O–H groups in total. The maximum atomic E-state index is 9.80. The lowest BCUT2D eigenvalue weighted by atomic mass is 9.81. The molecule has 4 nitrogen and oxygen atoms in total. The number of hydrogen-bond acceptors (Lipinski definition) is 4. The highest BCUT2D eigenvalue weighted by Gasteiger charge is 2.20. The van der Waals surface area contributed by atoms with E-state index in [0.29, 0.717) is 0 Å². The summed E-state index contributed by atoms with van der Waals surface area (Å²) in [7, 11) is 0. The number of phenols is 3. The van der Waals surface area contributed by atoms with Gasteiger partial charge in [0.05, 0.1) is 5.76 Å². The Morgan fingerprint density at radius 2 is 0.806 bits per heavy atom. The molecule has 0 amide bonds. The second-order valence-electron chi connectivity index (χ2n) is 9.03. The van der Waals surface area contributed by atoms with Crippen LogP contribution in [0.3, 0.4) is 0 Å². The summed E-state index contributed by atoms with van der Waals surface area (Å²) in [5.74, 6) is 0.737. The summed E-state index contributed by atoms with van der Waals surface area (Å²) in [6, 6.07) is 30.0. The fourth-order valence-electron chi connectivity index (χ4n) is 4.53. The highest BCUT2D eigenvalue weighted by molar-refractivity contribution is 5.49. The molecule has 0 aromatic heterocycles. The van der Waals surface area contributed by atoms with Crippen LogP contribution >= 0.6 is 0 Å². The second kappa shape index (κ2) is 10.9. The minimum absolute atomic E-state index is 0.0592. The van der Waals surface area contributed by atoms with Crippen molar-refractivity contribution in [2.75, 3.05) is 0 Å². The molecule has 0 heterocycles. The number of aliphatic hydroxyl groups is 1. The van der Waals surface area contributed by atoms with Crippen molar-refractivity contribution in [1.82, 2.24) is 0 Å². The lowest BCUT2D eigenvalue weighted by molar-refractivity contribution is 0.414. The number of rotatable bonds is 7. The second-order valence-corrected chi connectivity index (χ2v) is 9.03. The van der Waals surface area contributed by atoms with Gasteiger partial charge < -0.3 is 20.4 Å². The highest BCUT2D eigenvalue weighted by Crippen LogP contribution is 2.37. The zero-order chi connectivity index (χ0) is 25.7. The summed E-state index contributed by atoms with van der Waals surface area (Å²) in [6.45, 7) is 3.67. The summed E-state index contributed by atoms with van der Waals surface area (Å²) in [4.78, 5) is 0. The normalized spacial score (nSPS) is 13.1. The van der Waals surface area contributed by atoms with E-state index >= 15 is 0 Å². The standard InChI is InChI=1S/C32H30O4/c1-21(3-4-22(2)33)31(24-9-15-28(34)16-10-24)23-5-7-25(8-6-23)32(26-11-17-29(35)18-12-26)27-13-19-30(36)20-14-27/h3-20,31-36H,1-2H3/b21-3+,22-4+. The van der Waals surface area contributed by atoms with Crippen LogP contribution in [0.25, 0.3) is 0 Å². The minimum atomic E-state index is -0.0796. The van der Waals surface area contributed by atoms with Gasteiger partial charge in [-0.2, -0.15) is 0 Å². The fourth-order valence-corrected chi connectivity index (χ4v) is 4.53. The number of aliphatic hydroxyl groups excluding tert-OH is 1. The Hall–Kier alpha value is -4.44. The van der Waals surface area contributed by atoms with Crippen LogP contribution in [-0.2, 0) is 0 Å². The van der Waals surface area contributed by atoms with E-state index < -0.39 is 0 Å². The van der Waals surface area contributed by atoms with Crippen molar-refractivity contribution < 1.29 is 20.4 Å². The third kappa shape index (κ3) is 5.78. The Bertz CT molecular complexity index is 1300. The number of phenolic OH excluding ortho intramolecular Hbond substituents is 3. The van der Waals surface area contributed by atoms with Crippen LogP contribution < -0.4 is 0 Å². The third-order valence-corrected chi connectivity index (χ3v) is 6.33. The van der Waals surface area contributed by atoms with E-state index in [4.69, 9.17) is 0 Å². The Morgan fingerprint density at radius 1 is 0.500 bits per heavy atom. The van der Waals surface area contributed by atoms with Gasteiger partial charge in [-0.1, -0.05) is 72.3 Å². The van der Waals surface area contributed by atoms with E-state index in [1.54, 1.807) is 49.4 Å². The van der Waals surface area contributed by atoms with Crippen LogP contribution in [0.5, 0.6) is 17.2 Å². The number of hydrogen-bond donors (Lipinski definition) is 4. The summed E-state index contributed by atoms with van der Waals surface area (Å²) >= 11 is 0. The van der Waals surface area contributed by atoms with E-state index in [1.165, 1.54) is 0 Å². The molecule has 0 bridgehead atoms. The summed E-state index contributed by atoms with van der Waals surface area (Å²) in [6.07, 6.45) is 3.60. The van der Waals surface area contributed by atoms with Crippen molar-refractivity contribution >= 4 is 0 Å². The molecule has 0 spiro atoms. The average molecular weight is 479 g/mol. The molecule has 4 heteroatoms. The molecule has 0 saturated carbocycles. The van der Waals surface area contributed by atoms with E-state index in [0.717, 1.165) is 33.4 Å². The van der Waals surface area contributed by atoms with Gasteiger partial charge in [0.15, 0.2) is 0 Å². The fraction of sp³-hybridized carbons (Fsp3) is 0.125. The largest absolute Gasteiger partial charge is 0.513 e. The van der Waals surface area contributed by atoms with Crippen LogP contribution in [0, 0.1) is 0 Å². The predicted octanol–water partition coefficient (Wildman–Crippen LogP) is 7.52. The average Bonchev–Trinajstić information content (AvgIpc) is 2.87. The first-order valence-corrected chi connectivity index (χ1v) is 11.8. The number of aromatic hydroxyl groups is 3. The molecule has 0 radical (unpaired) electrons. The summed E-state index contributed by atoms with van der Waals surface area (Å²) in [5, 5.41) is 39.0. The molecule has 0 saturated heterocycles. The van der Waals surface area contributed by atoms with Gasteiger partial charge in [0, 0.05) is 11.8 Å². The molecular weight excluding hydrogens is 448 g/mol. The summed E-state index contributed by atoms with van der Waals surface area (Å²) in [5.41, 5.74) is 6.30. The van der Waals surface area contributed by atoms with Gasteiger partial charge in [0.25, 0.3) is 0 Å². The topological polar surface area (TPSA) is 80.9 Å². The Labute approximate surface area is 211 Å². The third-order valence-electron chi connectivity index (χ3n) is 6.33. The summed E-state index contributed by atoms with van der Waals surface area (Å²) < 4.78 is 0. The maximum Gasteiger partial charge on any atom is 0.115 e. The van der Waals surface area contributed by atoms with Crippen molar-refractivity contribution in [3.8, 4) is 17.2 Å². The number of benzene rings is 4. The molecule has 0 aliphatic carbocycles. The lowest BCUT2D eigenvalue weighted by Crippen LogP contribution is -2.06. The maximum absolute atomic E-state index is 9.80. The van der Waals surface area contributed by atoms with Crippen molar-refractivity contribution in [3.63, 3.8) is 0 Å². The molecular formula is C32H30O4. The first-order chi connectivity index (χ1) is 17.3. The van der Waals surface area contributed by atoms with Crippen LogP contribution in [0.2, 0.25) is 0 Å². The molecule has 0 fully saturated rings. The first-order valence-electron chi connectivity index (χ1n) is 11.8. The Kier molecular flexibility index (Phi) is 7.45. The monoisotopic (exact) mass is 478 g/mol. The zero-order valence-corrected chi connectivity index (χ0v) is 20.3. The van der Waals surface area contributed by atoms with Crippen LogP contribution in [0.15, 0.2) is 121 Å². The van der Waals surface area contributed by atoms with Gasteiger partial charge in [0.2, 0.25) is 0 Å². The van der Waals surface area contributed by atoms with E-state index in [9.17, 15) is 20.4 Å². The molecule has 4 rings (SSSR count). The SMILES string of the molecule is C/C(O)=C\C=C(/C)C(c1ccc(O)cc1)c1ccc(C(c2ccc(O)cc2)c2ccc(O)cc2)cc1. The molecule has 1 unspecified atom stereocenters. The Balaban J connectivity index is 1.77. The van der Waals surface area contributed by atoms with Crippen LogP contribution in [-0.4, -0.2) is 20.4 Å². The smallest absolute Gasteiger partial charge is 0.115 e. The zero-order valence-electron chi connectivity index (χ0n) is 20.3. The van der Waals surface area contributed by atoms with Crippen molar-refractivity contribution in [3.05, 3.63) is 148 Å². The van der Waals surface area contributed by atoms with Gasteiger partial charge in [-0.05, 0) is 84.1 Å². The van der Waals surface area contributed by atoms with E-state index in [1.807, 2.05) is 49.4 Å². The molecule has 182 valence electrons. The van der Waals surface area contributed by atoms with Gasteiger partial charge in [-0.15, -0.1) is 0 Å². The molecule has 0 aliphatic heterocycles. The van der Waals surface area contributed by atoms with E-state index in [-0.39, 0.29) is 34.8 Å². The van der Waals surface area contributed by atoms with Gasteiger partial charge in [0.1, 0.15) is 17.2 Å². The molecule has 0 aliphatic rings. The lowest BCUT2D eigenvalue weighted by Gasteiger charge is -2.22. The minimum Gasteiger partial charge on any atom is -0.513 e. The van der Waals surface area contributed by atoms with Gasteiger partial charge >= 0.3 is 0 Å². The Morgan fingerprint density at radius 3 is 1.17 bits per heavy atom. The van der Waals surface area contributed by atoms with Gasteiger partial charge in [-0.3, -0.25) is 0 Å². The molecule has 1 atom stereocenters. The van der Waals surface area contributed by atoms with Gasteiger partial charge in [-0.25, -0.2) is 0 Å². The van der Waals surface area contributed by atoms with Crippen molar-refractivity contribution in [1.29, 1.82) is 0 Å². The molecule has 4 aromatic rings. The van der Waals surface area contributed by atoms with Crippen LogP contribution in [0.1, 0.15) is 53.5 Å². The predicted molar refractivity (Wildman–Crippen MR) is 144 cm³/mol. The molecule has 36 heavy (non-hydrogen) atoms. The highest BCUT2D eigenvalue weighted by atomic mass is 16.3. The molecule has 4 aromatic carbocycles. The van der Waals surface area contributed by atoms with Crippen LogP contribution in [0.4, 0.5) is 0 Å². The first kappa shape index (κ1) is 24.7.